The molecule has 0 aromatic carbocycles. The highest BCUT2D eigenvalue weighted by atomic mass is 16.7. The summed E-state index contributed by atoms with van der Waals surface area (Å²) in [5.41, 5.74) is -0.884. The molecule has 0 saturated carbocycles. The standard InChI is InChI=1S/C16H26N2O6/c1-4-11-23-16(2,3)15(22)17-10-6-5-7-14(21)24-18-12(19)8-9-13(18)20/h4-11H2,1-3H3,(H,17,22). The summed E-state index contributed by atoms with van der Waals surface area (Å²) in [5.74, 6) is -1.81. The van der Waals surface area contributed by atoms with Crippen LogP contribution in [-0.4, -0.2) is 47.5 Å². The molecule has 8 nitrogen and oxygen atoms in total. The van der Waals surface area contributed by atoms with E-state index >= 15 is 0 Å². The van der Waals surface area contributed by atoms with Gasteiger partial charge in [-0.25, -0.2) is 4.79 Å². The van der Waals surface area contributed by atoms with Crippen molar-refractivity contribution in [3.05, 3.63) is 0 Å². The minimum absolute atomic E-state index is 0.0721. The molecule has 3 amide bonds. The number of hydrogen-bond acceptors (Lipinski definition) is 6. The first-order valence-corrected chi connectivity index (χ1v) is 8.26. The zero-order valence-corrected chi connectivity index (χ0v) is 14.6. The Morgan fingerprint density at radius 2 is 1.79 bits per heavy atom. The molecule has 1 aliphatic heterocycles. The van der Waals surface area contributed by atoms with Crippen molar-refractivity contribution >= 4 is 23.7 Å². The number of amides is 3. The van der Waals surface area contributed by atoms with Crippen LogP contribution in [0.5, 0.6) is 0 Å². The monoisotopic (exact) mass is 342 g/mol. The van der Waals surface area contributed by atoms with Crippen molar-refractivity contribution in [2.24, 2.45) is 0 Å². The van der Waals surface area contributed by atoms with Crippen molar-refractivity contribution in [2.45, 2.75) is 64.9 Å². The molecule has 0 aromatic heterocycles. The van der Waals surface area contributed by atoms with Crippen molar-refractivity contribution in [3.63, 3.8) is 0 Å². The molecule has 1 saturated heterocycles. The highest BCUT2D eigenvalue weighted by Crippen LogP contribution is 2.13. The van der Waals surface area contributed by atoms with Crippen LogP contribution in [0.4, 0.5) is 0 Å². The molecule has 0 bridgehead atoms. The van der Waals surface area contributed by atoms with Gasteiger partial charge in [0, 0.05) is 32.4 Å². The fourth-order valence-corrected chi connectivity index (χ4v) is 2.04. The van der Waals surface area contributed by atoms with Crippen molar-refractivity contribution in [1.82, 2.24) is 10.4 Å². The van der Waals surface area contributed by atoms with Crippen molar-refractivity contribution < 1.29 is 28.8 Å². The maximum Gasteiger partial charge on any atom is 0.333 e. The molecule has 136 valence electrons. The van der Waals surface area contributed by atoms with E-state index in [1.807, 2.05) is 6.92 Å². The Morgan fingerprint density at radius 1 is 1.17 bits per heavy atom. The van der Waals surface area contributed by atoms with Crippen LogP contribution in [0.2, 0.25) is 0 Å². The molecule has 1 N–H and O–H groups in total. The Hall–Kier alpha value is -1.96. The Morgan fingerprint density at radius 3 is 2.38 bits per heavy atom. The third kappa shape index (κ3) is 6.27. The lowest BCUT2D eigenvalue weighted by Gasteiger charge is -2.24. The van der Waals surface area contributed by atoms with E-state index in [1.54, 1.807) is 13.8 Å². The second kappa shape index (κ2) is 9.36. The first-order chi connectivity index (χ1) is 11.3. The summed E-state index contributed by atoms with van der Waals surface area (Å²) in [6.45, 7) is 6.31. The molecule has 1 rings (SSSR count). The van der Waals surface area contributed by atoms with Crippen LogP contribution in [0.25, 0.3) is 0 Å². The van der Waals surface area contributed by atoms with Crippen LogP contribution in [0, 0.1) is 0 Å². The van der Waals surface area contributed by atoms with Gasteiger partial charge in [0.15, 0.2) is 0 Å². The predicted octanol–water partition coefficient (Wildman–Crippen LogP) is 1.09. The number of unbranched alkanes of at least 4 members (excludes halogenated alkanes) is 1. The van der Waals surface area contributed by atoms with Gasteiger partial charge in [0.05, 0.1) is 0 Å². The lowest BCUT2D eigenvalue weighted by Crippen LogP contribution is -2.44. The van der Waals surface area contributed by atoms with Crippen molar-refractivity contribution in [3.8, 4) is 0 Å². The topological polar surface area (TPSA) is 102 Å². The van der Waals surface area contributed by atoms with Gasteiger partial charge in [-0.3, -0.25) is 14.4 Å². The van der Waals surface area contributed by atoms with Gasteiger partial charge in [0.25, 0.3) is 17.7 Å². The maximum absolute atomic E-state index is 12.0. The first-order valence-electron chi connectivity index (χ1n) is 8.26. The van der Waals surface area contributed by atoms with Crippen LogP contribution in [0.3, 0.4) is 0 Å². The number of nitrogens with one attached hydrogen (secondary N) is 1. The minimum atomic E-state index is -0.884. The molecular weight excluding hydrogens is 316 g/mol. The number of rotatable bonds is 10. The van der Waals surface area contributed by atoms with Gasteiger partial charge in [-0.15, -0.1) is 5.06 Å². The molecule has 0 spiro atoms. The second-order valence-electron chi connectivity index (χ2n) is 6.12. The van der Waals surface area contributed by atoms with Gasteiger partial charge in [0.2, 0.25) is 0 Å². The van der Waals surface area contributed by atoms with Crippen molar-refractivity contribution in [1.29, 1.82) is 0 Å². The summed E-state index contributed by atoms with van der Waals surface area (Å²) < 4.78 is 5.47. The Kier molecular flexibility index (Phi) is 7.84. The number of nitrogens with zero attached hydrogens (tertiary/aromatic N) is 1. The summed E-state index contributed by atoms with van der Waals surface area (Å²) >= 11 is 0. The Bertz CT molecular complexity index is 473. The zero-order valence-electron chi connectivity index (χ0n) is 14.6. The van der Waals surface area contributed by atoms with Crippen molar-refractivity contribution in [2.75, 3.05) is 13.2 Å². The third-order valence-corrected chi connectivity index (χ3v) is 3.51. The number of hydroxylamine groups is 2. The van der Waals surface area contributed by atoms with E-state index in [2.05, 4.69) is 5.32 Å². The fraction of sp³-hybridized carbons (Fsp3) is 0.750. The lowest BCUT2D eigenvalue weighted by molar-refractivity contribution is -0.197. The number of imide groups is 1. The quantitative estimate of drug-likeness (QED) is 0.471. The van der Waals surface area contributed by atoms with Gasteiger partial charge in [-0.2, -0.15) is 0 Å². The molecule has 8 heteroatoms. The highest BCUT2D eigenvalue weighted by Gasteiger charge is 2.32. The van der Waals surface area contributed by atoms with E-state index in [9.17, 15) is 19.2 Å². The molecule has 0 aliphatic carbocycles. The molecule has 0 radical (unpaired) electrons. The lowest BCUT2D eigenvalue weighted by atomic mass is 10.1. The second-order valence-corrected chi connectivity index (χ2v) is 6.12. The first kappa shape index (κ1) is 20.1. The predicted molar refractivity (Wildman–Crippen MR) is 84.4 cm³/mol. The fourth-order valence-electron chi connectivity index (χ4n) is 2.04. The van der Waals surface area contributed by atoms with E-state index < -0.39 is 23.4 Å². The average Bonchev–Trinajstić information content (AvgIpc) is 2.84. The van der Waals surface area contributed by atoms with Gasteiger partial charge >= 0.3 is 5.97 Å². The summed E-state index contributed by atoms with van der Waals surface area (Å²) in [5, 5.41) is 3.30. The van der Waals surface area contributed by atoms with Crippen LogP contribution in [0.1, 0.15) is 59.3 Å². The highest BCUT2D eigenvalue weighted by molar-refractivity contribution is 6.01. The smallest absolute Gasteiger partial charge is 0.333 e. The van der Waals surface area contributed by atoms with Gasteiger partial charge in [0.1, 0.15) is 5.60 Å². The van der Waals surface area contributed by atoms with Crippen LogP contribution < -0.4 is 5.32 Å². The summed E-state index contributed by atoms with van der Waals surface area (Å²) in [7, 11) is 0. The summed E-state index contributed by atoms with van der Waals surface area (Å²) in [6.07, 6.45) is 2.11. The molecule has 0 unspecified atom stereocenters. The molecule has 1 aliphatic rings. The molecule has 1 fully saturated rings. The Balaban J connectivity index is 2.17. The van der Waals surface area contributed by atoms with E-state index in [4.69, 9.17) is 9.57 Å². The van der Waals surface area contributed by atoms with Crippen LogP contribution >= 0.6 is 0 Å². The molecule has 0 atom stereocenters. The third-order valence-electron chi connectivity index (χ3n) is 3.51. The van der Waals surface area contributed by atoms with Gasteiger partial charge in [-0.1, -0.05) is 6.92 Å². The Labute approximate surface area is 141 Å². The summed E-state index contributed by atoms with van der Waals surface area (Å²) in [4.78, 5) is 50.9. The molecular formula is C16H26N2O6. The van der Waals surface area contributed by atoms with E-state index in [-0.39, 0.29) is 25.2 Å². The van der Waals surface area contributed by atoms with Crippen LogP contribution in [-0.2, 0) is 28.8 Å². The number of carbonyl (C=O) groups is 4. The van der Waals surface area contributed by atoms with E-state index in [0.29, 0.717) is 31.1 Å². The van der Waals surface area contributed by atoms with E-state index in [1.165, 1.54) is 0 Å². The molecule has 0 aromatic rings. The van der Waals surface area contributed by atoms with E-state index in [0.717, 1.165) is 6.42 Å². The van der Waals surface area contributed by atoms with Gasteiger partial charge in [-0.05, 0) is 33.1 Å². The van der Waals surface area contributed by atoms with Crippen LogP contribution in [0.15, 0.2) is 0 Å². The minimum Gasteiger partial charge on any atom is -0.366 e. The number of ether oxygens (including phenoxy) is 1. The average molecular weight is 342 g/mol. The number of carbonyl (C=O) groups excluding carboxylic acids is 4. The molecule has 24 heavy (non-hydrogen) atoms. The van der Waals surface area contributed by atoms with Gasteiger partial charge < -0.3 is 14.9 Å². The molecule has 1 heterocycles. The largest absolute Gasteiger partial charge is 0.366 e. The summed E-state index contributed by atoms with van der Waals surface area (Å²) in [6, 6.07) is 0. The number of hydrogen-bond donors (Lipinski definition) is 1. The SMILES string of the molecule is CCCOC(C)(C)C(=O)NCCCCC(=O)ON1C(=O)CCC1=O. The zero-order chi connectivity index (χ0) is 18.2. The normalized spacial score (nSPS) is 14.9. The maximum atomic E-state index is 12.0.